The Morgan fingerprint density at radius 2 is 2.00 bits per heavy atom. The van der Waals surface area contributed by atoms with E-state index in [9.17, 15) is 4.79 Å². The van der Waals surface area contributed by atoms with Gasteiger partial charge in [0.05, 0.1) is 0 Å². The van der Waals surface area contributed by atoms with Crippen LogP contribution in [0.3, 0.4) is 0 Å². The molecule has 0 radical (unpaired) electrons. The Labute approximate surface area is 120 Å². The molecule has 0 unspecified atom stereocenters. The maximum atomic E-state index is 12.5. The first-order chi connectivity index (χ1) is 9.29. The number of hydrogen-bond donors (Lipinski definition) is 0. The fourth-order valence-electron chi connectivity index (χ4n) is 2.27. The highest BCUT2D eigenvalue weighted by molar-refractivity contribution is 9.09. The van der Waals surface area contributed by atoms with E-state index >= 15 is 0 Å². The molecule has 1 aliphatic heterocycles. The molecule has 0 bridgehead atoms. The van der Waals surface area contributed by atoms with Crippen LogP contribution in [0.25, 0.3) is 0 Å². The predicted molar refractivity (Wildman–Crippen MR) is 75.3 cm³/mol. The summed E-state index contributed by atoms with van der Waals surface area (Å²) in [5.74, 6) is 1.48. The first-order valence-electron chi connectivity index (χ1n) is 6.56. The van der Waals surface area contributed by atoms with Crippen LogP contribution < -0.4 is 9.47 Å². The molecule has 0 N–H and O–H groups in total. The number of amides is 1. The van der Waals surface area contributed by atoms with E-state index in [4.69, 9.17) is 9.47 Å². The summed E-state index contributed by atoms with van der Waals surface area (Å²) in [6, 6.07) is 5.85. The van der Waals surface area contributed by atoms with Crippen LogP contribution in [0.5, 0.6) is 11.5 Å². The van der Waals surface area contributed by atoms with Crippen molar-refractivity contribution in [3.63, 3.8) is 0 Å². The molecular formula is C14H16BrNO3. The molecule has 1 aliphatic carbocycles. The third kappa shape index (κ3) is 2.71. The highest BCUT2D eigenvalue weighted by Crippen LogP contribution is 2.33. The lowest BCUT2D eigenvalue weighted by Crippen LogP contribution is -2.34. The molecule has 1 amide bonds. The van der Waals surface area contributed by atoms with Gasteiger partial charge in [-0.2, -0.15) is 0 Å². The van der Waals surface area contributed by atoms with Gasteiger partial charge >= 0.3 is 0 Å². The Morgan fingerprint density at radius 3 is 2.68 bits per heavy atom. The predicted octanol–water partition coefficient (Wildman–Crippen LogP) is 2.46. The van der Waals surface area contributed by atoms with Gasteiger partial charge in [0.2, 0.25) is 0 Å². The van der Waals surface area contributed by atoms with Crippen molar-refractivity contribution in [2.75, 3.05) is 25.1 Å². The number of nitrogens with zero attached hydrogens (tertiary/aromatic N) is 1. The number of alkyl halides is 1. The van der Waals surface area contributed by atoms with Crippen LogP contribution in [0.15, 0.2) is 18.2 Å². The molecule has 2 aliphatic rings. The molecule has 1 heterocycles. The molecule has 1 aromatic carbocycles. The van der Waals surface area contributed by atoms with E-state index in [-0.39, 0.29) is 5.91 Å². The van der Waals surface area contributed by atoms with E-state index in [0.717, 1.165) is 30.5 Å². The van der Waals surface area contributed by atoms with Crippen LogP contribution in [0, 0.1) is 0 Å². The minimum atomic E-state index is 0.0823. The van der Waals surface area contributed by atoms with Gasteiger partial charge in [-0.15, -0.1) is 0 Å². The second kappa shape index (κ2) is 5.41. The van der Waals surface area contributed by atoms with E-state index in [2.05, 4.69) is 15.9 Å². The number of ether oxygens (including phenoxy) is 2. The third-order valence-electron chi connectivity index (χ3n) is 3.36. The molecule has 19 heavy (non-hydrogen) atoms. The van der Waals surface area contributed by atoms with Gasteiger partial charge < -0.3 is 14.4 Å². The summed E-state index contributed by atoms with van der Waals surface area (Å²) in [5.41, 5.74) is 0.678. The fraction of sp³-hybridized carbons (Fsp3) is 0.500. The second-order valence-electron chi connectivity index (χ2n) is 4.78. The molecule has 0 aromatic heterocycles. The molecule has 0 atom stereocenters. The van der Waals surface area contributed by atoms with Gasteiger partial charge in [-0.25, -0.2) is 0 Å². The maximum absolute atomic E-state index is 12.5. The lowest BCUT2D eigenvalue weighted by molar-refractivity contribution is 0.0753. The molecule has 0 saturated heterocycles. The molecule has 1 fully saturated rings. The summed E-state index contributed by atoms with van der Waals surface area (Å²) in [6.45, 7) is 1.86. The molecule has 0 spiro atoms. The molecule has 4 nitrogen and oxygen atoms in total. The van der Waals surface area contributed by atoms with Gasteiger partial charge in [0.15, 0.2) is 11.5 Å². The second-order valence-corrected chi connectivity index (χ2v) is 5.57. The fourth-order valence-corrected chi connectivity index (χ4v) is 2.65. The van der Waals surface area contributed by atoms with Gasteiger partial charge in [-0.3, -0.25) is 4.79 Å². The van der Waals surface area contributed by atoms with Crippen molar-refractivity contribution < 1.29 is 14.3 Å². The van der Waals surface area contributed by atoms with Crippen molar-refractivity contribution in [3.8, 4) is 11.5 Å². The number of benzene rings is 1. The number of carbonyl (C=O) groups is 1. The van der Waals surface area contributed by atoms with Crippen LogP contribution in [0.1, 0.15) is 23.2 Å². The summed E-state index contributed by atoms with van der Waals surface area (Å²) in [5, 5.41) is 0.805. The molecule has 3 rings (SSSR count). The van der Waals surface area contributed by atoms with Crippen LogP contribution in [0.4, 0.5) is 0 Å². The summed E-state index contributed by atoms with van der Waals surface area (Å²) in [7, 11) is 0. The van der Waals surface area contributed by atoms with Crippen molar-refractivity contribution in [1.82, 2.24) is 4.90 Å². The lowest BCUT2D eigenvalue weighted by Gasteiger charge is -2.23. The largest absolute Gasteiger partial charge is 0.486 e. The number of fused-ring (bicyclic) bond motifs is 1. The lowest BCUT2D eigenvalue weighted by atomic mass is 10.1. The molecule has 1 saturated carbocycles. The highest BCUT2D eigenvalue weighted by Gasteiger charge is 2.32. The van der Waals surface area contributed by atoms with Gasteiger partial charge in [0, 0.05) is 23.5 Å². The topological polar surface area (TPSA) is 38.8 Å². The summed E-state index contributed by atoms with van der Waals surface area (Å²) >= 11 is 3.41. The Hall–Kier alpha value is -1.23. The minimum absolute atomic E-state index is 0.0823. The first-order valence-corrected chi connectivity index (χ1v) is 7.68. The van der Waals surface area contributed by atoms with E-state index in [1.807, 2.05) is 17.0 Å². The van der Waals surface area contributed by atoms with Crippen molar-refractivity contribution in [2.45, 2.75) is 18.9 Å². The van der Waals surface area contributed by atoms with Crippen LogP contribution >= 0.6 is 15.9 Å². The quantitative estimate of drug-likeness (QED) is 0.798. The molecule has 1 aromatic rings. The standard InChI is InChI=1S/C14H16BrNO3/c15-5-6-16(11-2-3-11)14(17)10-1-4-12-13(9-10)19-8-7-18-12/h1,4,9,11H,2-3,5-8H2. The number of rotatable bonds is 4. The van der Waals surface area contributed by atoms with Crippen LogP contribution in [0.2, 0.25) is 0 Å². The zero-order chi connectivity index (χ0) is 13.2. The van der Waals surface area contributed by atoms with Gasteiger partial charge in [0.1, 0.15) is 13.2 Å². The summed E-state index contributed by atoms with van der Waals surface area (Å²) < 4.78 is 11.0. The zero-order valence-electron chi connectivity index (χ0n) is 10.6. The van der Waals surface area contributed by atoms with Gasteiger partial charge in [0.25, 0.3) is 5.91 Å². The Balaban J connectivity index is 1.82. The Morgan fingerprint density at radius 1 is 1.26 bits per heavy atom. The van der Waals surface area contributed by atoms with E-state index in [0.29, 0.717) is 30.6 Å². The monoisotopic (exact) mass is 325 g/mol. The Kier molecular flexibility index (Phi) is 3.64. The van der Waals surface area contributed by atoms with E-state index in [1.54, 1.807) is 6.07 Å². The van der Waals surface area contributed by atoms with Crippen LogP contribution in [-0.2, 0) is 0 Å². The van der Waals surface area contributed by atoms with Crippen molar-refractivity contribution >= 4 is 21.8 Å². The minimum Gasteiger partial charge on any atom is -0.486 e. The molecule has 5 heteroatoms. The zero-order valence-corrected chi connectivity index (χ0v) is 12.2. The number of carbonyl (C=O) groups excluding carboxylic acids is 1. The number of hydrogen-bond acceptors (Lipinski definition) is 3. The first kappa shape index (κ1) is 12.8. The normalized spacial score (nSPS) is 17.1. The Bertz CT molecular complexity index is 488. The molecular weight excluding hydrogens is 310 g/mol. The van der Waals surface area contributed by atoms with Crippen molar-refractivity contribution in [2.24, 2.45) is 0 Å². The summed E-state index contributed by atoms with van der Waals surface area (Å²) in [6.07, 6.45) is 2.23. The van der Waals surface area contributed by atoms with Crippen molar-refractivity contribution in [3.05, 3.63) is 23.8 Å². The van der Waals surface area contributed by atoms with E-state index in [1.165, 1.54) is 0 Å². The average molecular weight is 326 g/mol. The van der Waals surface area contributed by atoms with Gasteiger partial charge in [-0.05, 0) is 31.0 Å². The van der Waals surface area contributed by atoms with Crippen molar-refractivity contribution in [1.29, 1.82) is 0 Å². The highest BCUT2D eigenvalue weighted by atomic mass is 79.9. The van der Waals surface area contributed by atoms with Crippen LogP contribution in [-0.4, -0.2) is 41.9 Å². The SMILES string of the molecule is O=C(c1ccc2c(c1)OCCO2)N(CCBr)C1CC1. The average Bonchev–Trinajstić information content (AvgIpc) is 3.28. The maximum Gasteiger partial charge on any atom is 0.254 e. The molecule has 102 valence electrons. The van der Waals surface area contributed by atoms with E-state index < -0.39 is 0 Å². The smallest absolute Gasteiger partial charge is 0.254 e. The van der Waals surface area contributed by atoms with Gasteiger partial charge in [-0.1, -0.05) is 15.9 Å². The summed E-state index contributed by atoms with van der Waals surface area (Å²) in [4.78, 5) is 14.5. The number of halogens is 1. The third-order valence-corrected chi connectivity index (χ3v) is 3.72.